The third-order valence-electron chi connectivity index (χ3n) is 13.9. The molecule has 0 aliphatic heterocycles. The van der Waals surface area contributed by atoms with Gasteiger partial charge in [0.2, 0.25) is 0 Å². The van der Waals surface area contributed by atoms with E-state index in [0.717, 1.165) is 28.2 Å². The van der Waals surface area contributed by atoms with Gasteiger partial charge in [-0.1, -0.05) is 174 Å². The molecule has 0 saturated heterocycles. The summed E-state index contributed by atoms with van der Waals surface area (Å²) in [6.45, 7) is 15.5. The summed E-state index contributed by atoms with van der Waals surface area (Å²) in [6.07, 6.45) is 8.14. The Bertz CT molecular complexity index is 3370. The quantitative estimate of drug-likeness (QED) is 0.115. The summed E-state index contributed by atoms with van der Waals surface area (Å²) in [4.78, 5) is 2.42. The van der Waals surface area contributed by atoms with Crippen molar-refractivity contribution >= 4 is 55.0 Å². The molecule has 0 saturated carbocycles. The van der Waals surface area contributed by atoms with E-state index < -0.39 is 0 Å². The second kappa shape index (κ2) is 14.2. The van der Waals surface area contributed by atoms with Crippen molar-refractivity contribution in [3.8, 4) is 33.4 Å². The van der Waals surface area contributed by atoms with Gasteiger partial charge in [-0.2, -0.15) is 0 Å². The second-order valence-electron chi connectivity index (χ2n) is 18.1. The van der Waals surface area contributed by atoms with E-state index in [1.54, 1.807) is 0 Å². The molecule has 0 N–H and O–H groups in total. The summed E-state index contributed by atoms with van der Waals surface area (Å²) in [6, 6.07) is 63.9. The Morgan fingerprint density at radius 2 is 0.968 bits per heavy atom. The number of allylic oxidation sites excluding steroid dienone is 5. The van der Waals surface area contributed by atoms with E-state index in [1.807, 2.05) is 6.08 Å². The van der Waals surface area contributed by atoms with Gasteiger partial charge in [-0.25, -0.2) is 0 Å². The minimum absolute atomic E-state index is 0.114. The van der Waals surface area contributed by atoms with Crippen LogP contribution in [0.15, 0.2) is 201 Å². The molecule has 0 heterocycles. The van der Waals surface area contributed by atoms with Gasteiger partial charge in [0.05, 0.1) is 0 Å². The standard InChI is InChI=1S/C61H49N/c1-7-16-39(17-8-2)40-26-29-43(30-27-40)62(45-31-33-51-50-24-13-14-25-56(50)60(3,4)58(51)36-45)44-19-15-18-41(34-44)42-28-32-52-55-37-53-48-22-11-9-20-46(48)47-21-10-12-23-49(47)54(53)38-59(55)61(5,6)57(52)35-42/h7-38H,1H2,2-6H3/b17-8-,39-16+. The maximum absolute atomic E-state index is 3.97. The van der Waals surface area contributed by atoms with Crippen LogP contribution < -0.4 is 4.90 Å². The predicted molar refractivity (Wildman–Crippen MR) is 267 cm³/mol. The van der Waals surface area contributed by atoms with Crippen molar-refractivity contribution in [3.63, 3.8) is 0 Å². The fourth-order valence-electron chi connectivity index (χ4n) is 10.8. The molecule has 0 radical (unpaired) electrons. The molecule has 0 bridgehead atoms. The van der Waals surface area contributed by atoms with Crippen molar-refractivity contribution < 1.29 is 0 Å². The fourth-order valence-corrected chi connectivity index (χ4v) is 10.8. The number of rotatable bonds is 7. The summed E-state index contributed by atoms with van der Waals surface area (Å²) in [5.41, 5.74) is 18.6. The first kappa shape index (κ1) is 37.8. The number of benzene rings is 9. The van der Waals surface area contributed by atoms with Crippen LogP contribution in [0.25, 0.3) is 71.3 Å². The number of anilines is 3. The maximum Gasteiger partial charge on any atom is 0.0467 e. The minimum Gasteiger partial charge on any atom is -0.310 e. The Labute approximate surface area is 365 Å². The van der Waals surface area contributed by atoms with Crippen LogP contribution in [0.5, 0.6) is 0 Å². The van der Waals surface area contributed by atoms with Crippen LogP contribution in [0, 0.1) is 0 Å². The van der Waals surface area contributed by atoms with Crippen LogP contribution in [-0.2, 0) is 10.8 Å². The van der Waals surface area contributed by atoms with E-state index in [4.69, 9.17) is 0 Å². The first-order chi connectivity index (χ1) is 30.2. The van der Waals surface area contributed by atoms with Crippen molar-refractivity contribution in [2.45, 2.75) is 45.4 Å². The zero-order valence-corrected chi connectivity index (χ0v) is 36.1. The summed E-state index contributed by atoms with van der Waals surface area (Å²) >= 11 is 0. The zero-order valence-electron chi connectivity index (χ0n) is 36.1. The monoisotopic (exact) mass is 795 g/mol. The van der Waals surface area contributed by atoms with Gasteiger partial charge in [-0.15, -0.1) is 0 Å². The Morgan fingerprint density at radius 3 is 1.68 bits per heavy atom. The van der Waals surface area contributed by atoms with Gasteiger partial charge in [0.25, 0.3) is 0 Å². The van der Waals surface area contributed by atoms with Crippen molar-refractivity contribution in [2.24, 2.45) is 0 Å². The van der Waals surface area contributed by atoms with Gasteiger partial charge in [-0.05, 0) is 161 Å². The summed E-state index contributed by atoms with van der Waals surface area (Å²) < 4.78 is 0. The summed E-state index contributed by atoms with van der Waals surface area (Å²) in [5, 5.41) is 7.90. The van der Waals surface area contributed by atoms with Crippen molar-refractivity contribution in [2.75, 3.05) is 4.90 Å². The minimum atomic E-state index is -0.173. The first-order valence-electron chi connectivity index (χ1n) is 21.9. The number of nitrogens with zero attached hydrogens (tertiary/aromatic N) is 1. The van der Waals surface area contributed by atoms with Gasteiger partial charge in [0.15, 0.2) is 0 Å². The smallest absolute Gasteiger partial charge is 0.0467 e. The van der Waals surface area contributed by atoms with E-state index in [-0.39, 0.29) is 10.8 Å². The molecule has 62 heavy (non-hydrogen) atoms. The molecule has 298 valence electrons. The molecule has 1 nitrogen and oxygen atoms in total. The number of fused-ring (bicyclic) bond motifs is 12. The van der Waals surface area contributed by atoms with E-state index in [0.29, 0.717) is 0 Å². The molecule has 0 unspecified atom stereocenters. The third kappa shape index (κ3) is 5.68. The topological polar surface area (TPSA) is 3.24 Å². The molecular weight excluding hydrogens is 747 g/mol. The number of hydrogen-bond donors (Lipinski definition) is 0. The first-order valence-corrected chi connectivity index (χ1v) is 21.9. The van der Waals surface area contributed by atoms with Crippen LogP contribution in [0.1, 0.15) is 62.4 Å². The molecular formula is C61H49N. The highest BCUT2D eigenvalue weighted by molar-refractivity contribution is 6.26. The molecule has 2 aliphatic rings. The van der Waals surface area contributed by atoms with Crippen LogP contribution in [0.3, 0.4) is 0 Å². The zero-order chi connectivity index (χ0) is 42.3. The van der Waals surface area contributed by atoms with Gasteiger partial charge < -0.3 is 4.90 Å². The highest BCUT2D eigenvalue weighted by atomic mass is 15.1. The van der Waals surface area contributed by atoms with Crippen molar-refractivity contribution in [1.29, 1.82) is 0 Å². The summed E-state index contributed by atoms with van der Waals surface area (Å²) in [5.74, 6) is 0. The lowest BCUT2D eigenvalue weighted by Gasteiger charge is -2.28. The molecule has 9 aromatic carbocycles. The van der Waals surface area contributed by atoms with Crippen molar-refractivity contribution in [1.82, 2.24) is 0 Å². The molecule has 11 rings (SSSR count). The Morgan fingerprint density at radius 1 is 0.435 bits per heavy atom. The molecule has 0 amide bonds. The van der Waals surface area contributed by atoms with Crippen LogP contribution in [0.2, 0.25) is 0 Å². The average Bonchev–Trinajstić information content (AvgIpc) is 3.67. The predicted octanol–water partition coefficient (Wildman–Crippen LogP) is 17.0. The molecule has 9 aromatic rings. The molecule has 2 aliphatic carbocycles. The highest BCUT2D eigenvalue weighted by Crippen LogP contribution is 2.53. The SMILES string of the molecule is C=C/C=C(\C=C/C)c1ccc(N(c2cccc(-c3ccc4c(c3)C(C)(C)c3cc5c6ccccc6c6ccccc6c5cc3-4)c2)c2ccc3c(c2)C(C)(C)c2ccccc2-3)cc1. The molecule has 0 spiro atoms. The van der Waals surface area contributed by atoms with Gasteiger partial charge >= 0.3 is 0 Å². The lowest BCUT2D eigenvalue weighted by molar-refractivity contribution is 0.660. The lowest BCUT2D eigenvalue weighted by atomic mass is 9.80. The third-order valence-corrected chi connectivity index (χ3v) is 13.9. The Hall–Kier alpha value is -7.22. The van der Waals surface area contributed by atoms with Crippen molar-refractivity contribution in [3.05, 3.63) is 229 Å². The largest absolute Gasteiger partial charge is 0.310 e. The van der Waals surface area contributed by atoms with Crippen LogP contribution in [-0.4, -0.2) is 0 Å². The molecule has 0 fully saturated rings. The highest BCUT2D eigenvalue weighted by Gasteiger charge is 2.37. The van der Waals surface area contributed by atoms with E-state index in [1.165, 1.54) is 88.0 Å². The molecule has 1 heteroatoms. The molecule has 0 aromatic heterocycles. The van der Waals surface area contributed by atoms with Gasteiger partial charge in [0.1, 0.15) is 0 Å². The normalized spacial score (nSPS) is 14.6. The summed E-state index contributed by atoms with van der Waals surface area (Å²) in [7, 11) is 0. The lowest BCUT2D eigenvalue weighted by Crippen LogP contribution is -2.16. The number of hydrogen-bond acceptors (Lipinski definition) is 1. The van der Waals surface area contributed by atoms with Crippen LogP contribution >= 0.6 is 0 Å². The second-order valence-corrected chi connectivity index (χ2v) is 18.1. The van der Waals surface area contributed by atoms with E-state index in [9.17, 15) is 0 Å². The Balaban J connectivity index is 1.04. The Kier molecular flexibility index (Phi) is 8.64. The average molecular weight is 796 g/mol. The van der Waals surface area contributed by atoms with E-state index in [2.05, 4.69) is 234 Å². The van der Waals surface area contributed by atoms with Gasteiger partial charge in [0, 0.05) is 27.9 Å². The van der Waals surface area contributed by atoms with E-state index >= 15 is 0 Å². The molecule has 0 atom stereocenters. The van der Waals surface area contributed by atoms with Crippen LogP contribution in [0.4, 0.5) is 17.1 Å². The fraction of sp³-hybridized carbons (Fsp3) is 0.115. The maximum atomic E-state index is 3.97. The van der Waals surface area contributed by atoms with Gasteiger partial charge in [-0.3, -0.25) is 0 Å².